The molecule has 8 heteroatoms. The number of methoxy groups -OCH3 is 1. The van der Waals surface area contributed by atoms with Gasteiger partial charge in [-0.15, -0.1) is 12.4 Å². The maximum absolute atomic E-state index is 12.7. The van der Waals surface area contributed by atoms with Crippen molar-refractivity contribution in [2.75, 3.05) is 18.2 Å². The number of carbonyl (C=O) groups excluding carboxylic acids is 2. The molecule has 0 aliphatic heterocycles. The van der Waals surface area contributed by atoms with E-state index in [1.807, 2.05) is 45.0 Å². The quantitative estimate of drug-likeness (QED) is 0.473. The summed E-state index contributed by atoms with van der Waals surface area (Å²) in [4.78, 5) is 25.1. The zero-order chi connectivity index (χ0) is 21.4. The van der Waals surface area contributed by atoms with Crippen LogP contribution < -0.4 is 26.4 Å². The first kappa shape index (κ1) is 25.1. The molecule has 2 aromatic rings. The smallest absolute Gasteiger partial charge is 0.315 e. The number of carbonyl (C=O) groups is 2. The number of anilines is 2. The van der Waals surface area contributed by atoms with E-state index < -0.39 is 6.04 Å². The molecule has 0 spiro atoms. The van der Waals surface area contributed by atoms with E-state index in [2.05, 4.69) is 16.0 Å². The van der Waals surface area contributed by atoms with Crippen LogP contribution in [0.3, 0.4) is 0 Å². The number of urea groups is 1. The molecule has 0 radical (unpaired) electrons. The van der Waals surface area contributed by atoms with Crippen molar-refractivity contribution in [3.05, 3.63) is 53.6 Å². The van der Waals surface area contributed by atoms with E-state index in [1.165, 1.54) is 7.11 Å². The molecule has 0 saturated heterocycles. The number of nitrogens with one attached hydrogen (secondary N) is 3. The van der Waals surface area contributed by atoms with E-state index >= 15 is 0 Å². The van der Waals surface area contributed by atoms with Crippen LogP contribution >= 0.6 is 12.4 Å². The lowest BCUT2D eigenvalue weighted by molar-refractivity contribution is -0.118. The zero-order valence-corrected chi connectivity index (χ0v) is 18.6. The van der Waals surface area contributed by atoms with Crippen LogP contribution in [0.5, 0.6) is 5.75 Å². The molecule has 0 heterocycles. The number of aryl methyl sites for hydroxylation is 1. The van der Waals surface area contributed by atoms with Crippen LogP contribution in [-0.2, 0) is 11.3 Å². The van der Waals surface area contributed by atoms with Crippen molar-refractivity contribution < 1.29 is 14.3 Å². The third-order valence-corrected chi connectivity index (χ3v) is 4.40. The third kappa shape index (κ3) is 7.83. The molecule has 7 nitrogen and oxygen atoms in total. The summed E-state index contributed by atoms with van der Waals surface area (Å²) in [5.41, 5.74) is 9.01. The Balaban J connectivity index is 0.00000450. The second-order valence-electron chi connectivity index (χ2n) is 7.44. The van der Waals surface area contributed by atoms with Crippen LogP contribution in [0.4, 0.5) is 16.2 Å². The number of halogens is 1. The molecular weight excluding hydrogens is 404 g/mol. The Morgan fingerprint density at radius 1 is 1.10 bits per heavy atom. The lowest BCUT2D eigenvalue weighted by Gasteiger charge is -2.21. The molecule has 5 N–H and O–H groups in total. The second-order valence-corrected chi connectivity index (χ2v) is 7.44. The maximum Gasteiger partial charge on any atom is 0.315 e. The molecule has 1 unspecified atom stereocenters. The Morgan fingerprint density at radius 3 is 2.33 bits per heavy atom. The summed E-state index contributed by atoms with van der Waals surface area (Å²) >= 11 is 0. The third-order valence-electron chi connectivity index (χ3n) is 4.40. The van der Waals surface area contributed by atoms with Gasteiger partial charge < -0.3 is 26.4 Å². The van der Waals surface area contributed by atoms with Crippen molar-refractivity contribution in [1.82, 2.24) is 10.6 Å². The zero-order valence-electron chi connectivity index (χ0n) is 17.8. The summed E-state index contributed by atoms with van der Waals surface area (Å²) in [6.07, 6.45) is 0.509. The van der Waals surface area contributed by atoms with Crippen LogP contribution in [0, 0.1) is 12.8 Å². The number of ether oxygens (including phenoxy) is 1. The lowest BCUT2D eigenvalue weighted by Crippen LogP contribution is -2.48. The number of benzene rings is 2. The van der Waals surface area contributed by atoms with Crippen molar-refractivity contribution in [2.45, 2.75) is 39.8 Å². The van der Waals surface area contributed by atoms with Gasteiger partial charge in [0.15, 0.2) is 0 Å². The summed E-state index contributed by atoms with van der Waals surface area (Å²) in [7, 11) is 1.53. The standard InChI is InChI=1S/C22H30N4O3.ClH/c1-14(2)11-19(21(27)25-17-9-10-20(29-4)18(23)12-17)26-22(28)24-13-16-7-5-15(3)6-8-16;/h5-10,12,14,19H,11,13,23H2,1-4H3,(H,25,27)(H2,24,26,28);1H. The van der Waals surface area contributed by atoms with Crippen LogP contribution in [0.15, 0.2) is 42.5 Å². The topological polar surface area (TPSA) is 105 Å². The monoisotopic (exact) mass is 434 g/mol. The molecule has 2 aromatic carbocycles. The fourth-order valence-electron chi connectivity index (χ4n) is 2.84. The number of nitrogens with two attached hydrogens (primary N) is 1. The van der Waals surface area contributed by atoms with Gasteiger partial charge in [0.25, 0.3) is 0 Å². The summed E-state index contributed by atoms with van der Waals surface area (Å²) in [6.45, 7) is 6.39. The van der Waals surface area contributed by atoms with Gasteiger partial charge in [-0.05, 0) is 43.0 Å². The van der Waals surface area contributed by atoms with Gasteiger partial charge in [0, 0.05) is 12.2 Å². The molecular formula is C22H31ClN4O3. The minimum atomic E-state index is -0.670. The number of amides is 3. The van der Waals surface area contributed by atoms with Crippen LogP contribution in [0.2, 0.25) is 0 Å². The highest BCUT2D eigenvalue weighted by Crippen LogP contribution is 2.24. The average molecular weight is 435 g/mol. The Kier molecular flexibility index (Phi) is 9.98. The Labute approximate surface area is 184 Å². The van der Waals surface area contributed by atoms with Crippen LogP contribution in [0.25, 0.3) is 0 Å². The molecule has 3 amide bonds. The Morgan fingerprint density at radius 2 is 1.77 bits per heavy atom. The lowest BCUT2D eigenvalue weighted by atomic mass is 10.0. The first-order chi connectivity index (χ1) is 13.8. The van der Waals surface area contributed by atoms with Gasteiger partial charge in [-0.25, -0.2) is 4.79 Å². The van der Waals surface area contributed by atoms with E-state index in [4.69, 9.17) is 10.5 Å². The van der Waals surface area contributed by atoms with Gasteiger partial charge in [0.2, 0.25) is 5.91 Å². The van der Waals surface area contributed by atoms with Crippen molar-refractivity contribution >= 4 is 35.7 Å². The molecule has 2 rings (SSSR count). The normalized spacial score (nSPS) is 11.2. The summed E-state index contributed by atoms with van der Waals surface area (Å²) < 4.78 is 5.12. The first-order valence-electron chi connectivity index (χ1n) is 9.62. The first-order valence-corrected chi connectivity index (χ1v) is 9.62. The molecule has 0 bridgehead atoms. The molecule has 0 aliphatic carbocycles. The molecule has 0 fully saturated rings. The van der Waals surface area contributed by atoms with E-state index in [1.54, 1.807) is 18.2 Å². The van der Waals surface area contributed by atoms with E-state index in [0.717, 1.165) is 11.1 Å². The number of hydrogen-bond acceptors (Lipinski definition) is 4. The van der Waals surface area contributed by atoms with Crippen molar-refractivity contribution in [3.63, 3.8) is 0 Å². The molecule has 1 atom stereocenters. The molecule has 30 heavy (non-hydrogen) atoms. The van der Waals surface area contributed by atoms with Gasteiger partial charge in [-0.2, -0.15) is 0 Å². The fraction of sp³-hybridized carbons (Fsp3) is 0.364. The summed E-state index contributed by atoms with van der Waals surface area (Å²) in [5.74, 6) is 0.466. The van der Waals surface area contributed by atoms with Crippen LogP contribution in [0.1, 0.15) is 31.4 Å². The number of rotatable bonds is 8. The van der Waals surface area contributed by atoms with Crippen molar-refractivity contribution in [2.24, 2.45) is 5.92 Å². The van der Waals surface area contributed by atoms with E-state index in [9.17, 15) is 9.59 Å². The van der Waals surface area contributed by atoms with Gasteiger partial charge in [0.1, 0.15) is 11.8 Å². The van der Waals surface area contributed by atoms with Crippen molar-refractivity contribution in [3.8, 4) is 5.75 Å². The summed E-state index contributed by atoms with van der Waals surface area (Å²) in [5, 5.41) is 8.38. The average Bonchev–Trinajstić information content (AvgIpc) is 2.67. The van der Waals surface area contributed by atoms with Gasteiger partial charge >= 0.3 is 6.03 Å². The summed E-state index contributed by atoms with van der Waals surface area (Å²) in [6, 6.07) is 11.9. The van der Waals surface area contributed by atoms with Gasteiger partial charge in [-0.1, -0.05) is 43.7 Å². The fourth-order valence-corrected chi connectivity index (χ4v) is 2.84. The highest BCUT2D eigenvalue weighted by atomic mass is 35.5. The second kappa shape index (κ2) is 11.9. The van der Waals surface area contributed by atoms with Crippen LogP contribution in [-0.4, -0.2) is 25.1 Å². The number of hydrogen-bond donors (Lipinski definition) is 4. The van der Waals surface area contributed by atoms with Gasteiger partial charge in [0.05, 0.1) is 12.8 Å². The predicted molar refractivity (Wildman–Crippen MR) is 123 cm³/mol. The highest BCUT2D eigenvalue weighted by molar-refractivity contribution is 5.97. The minimum Gasteiger partial charge on any atom is -0.495 e. The van der Waals surface area contributed by atoms with E-state index in [0.29, 0.717) is 30.1 Å². The predicted octanol–water partition coefficient (Wildman–Crippen LogP) is 3.86. The molecule has 0 aliphatic rings. The Hall–Kier alpha value is -2.93. The maximum atomic E-state index is 12.7. The minimum absolute atomic E-state index is 0. The SMILES string of the molecule is COc1ccc(NC(=O)C(CC(C)C)NC(=O)NCc2ccc(C)cc2)cc1N.Cl. The van der Waals surface area contributed by atoms with Gasteiger partial charge in [-0.3, -0.25) is 4.79 Å². The Bertz CT molecular complexity index is 841. The molecule has 0 saturated carbocycles. The van der Waals surface area contributed by atoms with E-state index in [-0.39, 0.29) is 30.3 Å². The molecule has 0 aromatic heterocycles. The number of nitrogen functional groups attached to an aromatic ring is 1. The highest BCUT2D eigenvalue weighted by Gasteiger charge is 2.22. The van der Waals surface area contributed by atoms with Crippen molar-refractivity contribution in [1.29, 1.82) is 0 Å². The molecule has 164 valence electrons. The largest absolute Gasteiger partial charge is 0.495 e.